The molecule has 4 rings (SSSR count). The molecule has 0 aliphatic carbocycles. The number of halogens is 2. The van der Waals surface area contributed by atoms with Crippen molar-refractivity contribution in [2.45, 2.75) is 26.1 Å². The van der Waals surface area contributed by atoms with Crippen molar-refractivity contribution < 1.29 is 4.74 Å². The molecule has 0 spiro atoms. The van der Waals surface area contributed by atoms with Gasteiger partial charge in [-0.25, -0.2) is 9.97 Å². The van der Waals surface area contributed by atoms with Crippen LogP contribution in [-0.2, 0) is 26.1 Å². The quantitative estimate of drug-likeness (QED) is 0.676. The third kappa shape index (κ3) is 5.35. The number of hydrogen-bond acceptors (Lipinski definition) is 5. The van der Waals surface area contributed by atoms with Crippen molar-refractivity contribution in [3.05, 3.63) is 83.3 Å². The minimum atomic E-state index is 0. The number of ether oxygens (including phenoxy) is 1. The lowest BCUT2D eigenvalue weighted by Gasteiger charge is -2.29. The summed E-state index contributed by atoms with van der Waals surface area (Å²) in [5.41, 5.74) is 10.8. The summed E-state index contributed by atoms with van der Waals surface area (Å²) in [6.45, 7) is 3.24. The number of fused-ring (bicyclic) bond motifs is 1. The SMILES string of the molecule is Cl.Cl.Nc1ncncc1CN1CCc2ccc(OCc3ccccc3)cc2C1. The molecule has 2 aromatic carbocycles. The van der Waals surface area contributed by atoms with Gasteiger partial charge in [0, 0.05) is 31.4 Å². The zero-order valence-electron chi connectivity index (χ0n) is 15.5. The lowest BCUT2D eigenvalue weighted by atomic mass is 9.99. The first-order valence-electron chi connectivity index (χ1n) is 8.83. The first kappa shape index (κ1) is 22.0. The maximum absolute atomic E-state index is 5.97. The van der Waals surface area contributed by atoms with Gasteiger partial charge in [-0.15, -0.1) is 24.8 Å². The van der Waals surface area contributed by atoms with Crippen molar-refractivity contribution in [3.8, 4) is 5.75 Å². The fourth-order valence-corrected chi connectivity index (χ4v) is 3.29. The Morgan fingerprint density at radius 1 is 1.04 bits per heavy atom. The molecule has 0 saturated heterocycles. The molecule has 0 saturated carbocycles. The van der Waals surface area contributed by atoms with Crippen molar-refractivity contribution in [3.63, 3.8) is 0 Å². The van der Waals surface area contributed by atoms with Crippen LogP contribution in [0.1, 0.15) is 22.3 Å². The Balaban J connectivity index is 0.00000140. The van der Waals surface area contributed by atoms with E-state index in [9.17, 15) is 0 Å². The lowest BCUT2D eigenvalue weighted by molar-refractivity contribution is 0.244. The van der Waals surface area contributed by atoms with Crippen LogP contribution < -0.4 is 10.5 Å². The smallest absolute Gasteiger partial charge is 0.131 e. The summed E-state index contributed by atoms with van der Waals surface area (Å²) in [5.74, 6) is 1.47. The number of nitrogens with two attached hydrogens (primary N) is 1. The van der Waals surface area contributed by atoms with Gasteiger partial charge in [0.25, 0.3) is 0 Å². The third-order valence-electron chi connectivity index (χ3n) is 4.73. The van der Waals surface area contributed by atoms with E-state index in [1.165, 1.54) is 23.0 Å². The van der Waals surface area contributed by atoms with E-state index in [0.29, 0.717) is 12.4 Å². The molecule has 7 heteroatoms. The number of rotatable bonds is 5. The zero-order valence-corrected chi connectivity index (χ0v) is 17.1. The molecule has 1 aromatic heterocycles. The average molecular weight is 419 g/mol. The Hall–Kier alpha value is -2.34. The van der Waals surface area contributed by atoms with E-state index in [1.807, 2.05) is 18.2 Å². The van der Waals surface area contributed by atoms with Gasteiger partial charge in [0.1, 0.15) is 24.5 Å². The second-order valence-corrected chi connectivity index (χ2v) is 6.60. The van der Waals surface area contributed by atoms with E-state index >= 15 is 0 Å². The molecule has 28 heavy (non-hydrogen) atoms. The molecule has 1 aliphatic rings. The maximum atomic E-state index is 5.97. The Morgan fingerprint density at radius 2 is 1.86 bits per heavy atom. The van der Waals surface area contributed by atoms with Gasteiger partial charge < -0.3 is 10.5 Å². The van der Waals surface area contributed by atoms with Crippen LogP contribution >= 0.6 is 24.8 Å². The summed E-state index contributed by atoms with van der Waals surface area (Å²) in [5, 5.41) is 0. The monoisotopic (exact) mass is 418 g/mol. The van der Waals surface area contributed by atoms with Crippen LogP contribution in [-0.4, -0.2) is 21.4 Å². The third-order valence-corrected chi connectivity index (χ3v) is 4.73. The fourth-order valence-electron chi connectivity index (χ4n) is 3.29. The molecule has 5 nitrogen and oxygen atoms in total. The van der Waals surface area contributed by atoms with Crippen LogP contribution in [0, 0.1) is 0 Å². The summed E-state index contributed by atoms with van der Waals surface area (Å²) in [7, 11) is 0. The predicted molar refractivity (Wildman–Crippen MR) is 116 cm³/mol. The van der Waals surface area contributed by atoms with E-state index in [4.69, 9.17) is 10.5 Å². The second kappa shape index (κ2) is 10.3. The molecule has 148 valence electrons. The molecule has 0 bridgehead atoms. The lowest BCUT2D eigenvalue weighted by Crippen LogP contribution is -2.30. The van der Waals surface area contributed by atoms with Gasteiger partial charge in [0.2, 0.25) is 0 Å². The zero-order chi connectivity index (χ0) is 17.8. The molecule has 3 aromatic rings. The van der Waals surface area contributed by atoms with E-state index in [-0.39, 0.29) is 24.8 Å². The van der Waals surface area contributed by atoms with Gasteiger partial charge in [-0.1, -0.05) is 36.4 Å². The highest BCUT2D eigenvalue weighted by molar-refractivity contribution is 5.85. The van der Waals surface area contributed by atoms with Crippen LogP contribution in [0.2, 0.25) is 0 Å². The highest BCUT2D eigenvalue weighted by Gasteiger charge is 2.18. The Kier molecular flexibility index (Phi) is 8.05. The summed E-state index contributed by atoms with van der Waals surface area (Å²) >= 11 is 0. The molecule has 0 fully saturated rings. The van der Waals surface area contributed by atoms with Gasteiger partial charge >= 0.3 is 0 Å². The Labute approximate surface area is 177 Å². The van der Waals surface area contributed by atoms with Crippen LogP contribution in [0.3, 0.4) is 0 Å². The number of nitrogen functional groups attached to an aromatic ring is 1. The average Bonchev–Trinajstić information content (AvgIpc) is 2.69. The first-order valence-corrected chi connectivity index (χ1v) is 8.83. The topological polar surface area (TPSA) is 64.3 Å². The number of benzene rings is 2. The van der Waals surface area contributed by atoms with Crippen LogP contribution in [0.5, 0.6) is 5.75 Å². The van der Waals surface area contributed by atoms with Gasteiger partial charge in [-0.05, 0) is 35.2 Å². The van der Waals surface area contributed by atoms with Crippen LogP contribution in [0.15, 0.2) is 61.1 Å². The molecule has 0 radical (unpaired) electrons. The van der Waals surface area contributed by atoms with Crippen LogP contribution in [0.25, 0.3) is 0 Å². The number of anilines is 1. The van der Waals surface area contributed by atoms with Gasteiger partial charge in [0.05, 0.1) is 0 Å². The number of nitrogens with zero attached hydrogens (tertiary/aromatic N) is 3. The number of hydrogen-bond donors (Lipinski definition) is 1. The molecule has 0 amide bonds. The summed E-state index contributed by atoms with van der Waals surface area (Å²) < 4.78 is 5.97. The van der Waals surface area contributed by atoms with Crippen molar-refractivity contribution in [1.29, 1.82) is 0 Å². The normalized spacial score (nSPS) is 13.0. The van der Waals surface area contributed by atoms with Crippen molar-refractivity contribution in [2.24, 2.45) is 0 Å². The second-order valence-electron chi connectivity index (χ2n) is 6.60. The number of aromatic nitrogens is 2. The van der Waals surface area contributed by atoms with Crippen molar-refractivity contribution in [2.75, 3.05) is 12.3 Å². The molecule has 1 aliphatic heterocycles. The van der Waals surface area contributed by atoms with Gasteiger partial charge in [0.15, 0.2) is 0 Å². The molecule has 0 atom stereocenters. The van der Waals surface area contributed by atoms with Gasteiger partial charge in [-0.3, -0.25) is 4.90 Å². The minimum absolute atomic E-state index is 0. The van der Waals surface area contributed by atoms with Gasteiger partial charge in [-0.2, -0.15) is 0 Å². The maximum Gasteiger partial charge on any atom is 0.131 e. The van der Waals surface area contributed by atoms with E-state index in [0.717, 1.165) is 37.4 Å². The van der Waals surface area contributed by atoms with E-state index < -0.39 is 0 Å². The molecule has 2 heterocycles. The fraction of sp³-hybridized carbons (Fsp3) is 0.238. The minimum Gasteiger partial charge on any atom is -0.489 e. The summed E-state index contributed by atoms with van der Waals surface area (Å²) in [6, 6.07) is 16.6. The summed E-state index contributed by atoms with van der Waals surface area (Å²) in [4.78, 5) is 10.5. The summed E-state index contributed by atoms with van der Waals surface area (Å²) in [6.07, 6.45) is 4.32. The molecular formula is C21H24Cl2N4O. The van der Waals surface area contributed by atoms with Crippen molar-refractivity contribution >= 4 is 30.6 Å². The van der Waals surface area contributed by atoms with E-state index in [2.05, 4.69) is 45.2 Å². The Morgan fingerprint density at radius 3 is 2.64 bits per heavy atom. The first-order chi connectivity index (χ1) is 12.8. The molecule has 0 unspecified atom stereocenters. The van der Waals surface area contributed by atoms with Crippen LogP contribution in [0.4, 0.5) is 5.82 Å². The largest absolute Gasteiger partial charge is 0.489 e. The highest BCUT2D eigenvalue weighted by atomic mass is 35.5. The standard InChI is InChI=1S/C21H22N4O.2ClH/c22-21-19(11-23-15-24-21)13-25-9-8-17-6-7-20(10-18(17)12-25)26-14-16-4-2-1-3-5-16;;/h1-7,10-11,15H,8-9,12-14H2,(H2,22,23,24);2*1H. The predicted octanol–water partition coefficient (Wildman–Crippen LogP) is 4.04. The van der Waals surface area contributed by atoms with Crippen molar-refractivity contribution in [1.82, 2.24) is 14.9 Å². The Bertz CT molecular complexity index is 893. The molecule has 2 N–H and O–H groups in total. The molecular weight excluding hydrogens is 395 g/mol. The highest BCUT2D eigenvalue weighted by Crippen LogP contribution is 2.26. The van der Waals surface area contributed by atoms with E-state index in [1.54, 1.807) is 6.20 Å².